The van der Waals surface area contributed by atoms with E-state index in [2.05, 4.69) is 17.3 Å². The zero-order chi connectivity index (χ0) is 11.3. The lowest BCUT2D eigenvalue weighted by molar-refractivity contribution is 0.267. The first kappa shape index (κ1) is 11.6. The Hall–Kier alpha value is -0.830. The van der Waals surface area contributed by atoms with Gasteiger partial charge in [-0.05, 0) is 30.7 Å². The SMILES string of the molecule is CCC1(CNCCn2cccn2)CCCC1. The van der Waals surface area contributed by atoms with Crippen molar-refractivity contribution in [3.63, 3.8) is 0 Å². The minimum atomic E-state index is 0.601. The maximum atomic E-state index is 4.20. The number of rotatable bonds is 6. The quantitative estimate of drug-likeness (QED) is 0.748. The summed E-state index contributed by atoms with van der Waals surface area (Å²) in [6.07, 6.45) is 10.9. The first-order chi connectivity index (χ1) is 7.85. The molecule has 0 aliphatic heterocycles. The Kier molecular flexibility index (Phi) is 3.99. The van der Waals surface area contributed by atoms with Crippen LogP contribution in [0, 0.1) is 5.41 Å². The van der Waals surface area contributed by atoms with Crippen LogP contribution in [-0.2, 0) is 6.54 Å². The van der Waals surface area contributed by atoms with Gasteiger partial charge < -0.3 is 5.32 Å². The minimum Gasteiger partial charge on any atom is -0.314 e. The van der Waals surface area contributed by atoms with Crippen LogP contribution < -0.4 is 5.32 Å². The Morgan fingerprint density at radius 2 is 2.19 bits per heavy atom. The van der Waals surface area contributed by atoms with Crippen molar-refractivity contribution in [3.8, 4) is 0 Å². The Morgan fingerprint density at radius 1 is 1.38 bits per heavy atom. The van der Waals surface area contributed by atoms with Crippen LogP contribution in [0.2, 0.25) is 0 Å². The van der Waals surface area contributed by atoms with E-state index in [1.807, 2.05) is 23.1 Å². The van der Waals surface area contributed by atoms with Crippen molar-refractivity contribution in [2.24, 2.45) is 5.41 Å². The highest BCUT2D eigenvalue weighted by Crippen LogP contribution is 2.40. The fourth-order valence-electron chi connectivity index (χ4n) is 2.76. The van der Waals surface area contributed by atoms with Gasteiger partial charge in [-0.2, -0.15) is 5.10 Å². The van der Waals surface area contributed by atoms with E-state index in [1.165, 1.54) is 38.6 Å². The molecule has 1 aliphatic rings. The number of nitrogens with one attached hydrogen (secondary N) is 1. The zero-order valence-electron chi connectivity index (χ0n) is 10.3. The average Bonchev–Trinajstić information content (AvgIpc) is 2.97. The molecule has 0 bridgehead atoms. The standard InChI is InChI=1S/C13H23N3/c1-2-13(6-3-4-7-13)12-14-9-11-16-10-5-8-15-16/h5,8,10,14H,2-4,6-7,9,11-12H2,1H3. The summed E-state index contributed by atoms with van der Waals surface area (Å²) in [6, 6.07) is 1.98. The van der Waals surface area contributed by atoms with Crippen LogP contribution in [0.4, 0.5) is 0 Å². The summed E-state index contributed by atoms with van der Waals surface area (Å²) >= 11 is 0. The molecule has 0 saturated heterocycles. The molecule has 2 rings (SSSR count). The molecular weight excluding hydrogens is 198 g/mol. The van der Waals surface area contributed by atoms with Gasteiger partial charge in [-0.1, -0.05) is 19.8 Å². The highest BCUT2D eigenvalue weighted by atomic mass is 15.3. The van der Waals surface area contributed by atoms with E-state index in [4.69, 9.17) is 0 Å². The van der Waals surface area contributed by atoms with Gasteiger partial charge in [-0.3, -0.25) is 4.68 Å². The first-order valence-corrected chi connectivity index (χ1v) is 6.53. The van der Waals surface area contributed by atoms with Crippen LogP contribution in [0.5, 0.6) is 0 Å². The van der Waals surface area contributed by atoms with E-state index in [9.17, 15) is 0 Å². The maximum absolute atomic E-state index is 4.20. The van der Waals surface area contributed by atoms with Gasteiger partial charge >= 0.3 is 0 Å². The third kappa shape index (κ3) is 2.85. The zero-order valence-corrected chi connectivity index (χ0v) is 10.3. The van der Waals surface area contributed by atoms with Gasteiger partial charge in [0, 0.05) is 25.5 Å². The van der Waals surface area contributed by atoms with Gasteiger partial charge in [-0.15, -0.1) is 0 Å². The predicted molar refractivity (Wildman–Crippen MR) is 66.3 cm³/mol. The Bertz CT molecular complexity index is 286. The van der Waals surface area contributed by atoms with E-state index >= 15 is 0 Å². The molecule has 16 heavy (non-hydrogen) atoms. The molecule has 1 aromatic rings. The van der Waals surface area contributed by atoms with Crippen LogP contribution in [-0.4, -0.2) is 22.9 Å². The van der Waals surface area contributed by atoms with Gasteiger partial charge in [0.2, 0.25) is 0 Å². The molecule has 1 N–H and O–H groups in total. The molecule has 1 aliphatic carbocycles. The monoisotopic (exact) mass is 221 g/mol. The highest BCUT2D eigenvalue weighted by molar-refractivity contribution is 4.85. The Balaban J connectivity index is 1.67. The number of nitrogens with zero attached hydrogens (tertiary/aromatic N) is 2. The van der Waals surface area contributed by atoms with Crippen LogP contribution in [0.3, 0.4) is 0 Å². The van der Waals surface area contributed by atoms with Gasteiger partial charge in [0.15, 0.2) is 0 Å². The summed E-state index contributed by atoms with van der Waals surface area (Å²) in [5.74, 6) is 0. The number of hydrogen-bond acceptors (Lipinski definition) is 2. The highest BCUT2D eigenvalue weighted by Gasteiger charge is 2.31. The normalized spacial score (nSPS) is 19.1. The first-order valence-electron chi connectivity index (χ1n) is 6.53. The van der Waals surface area contributed by atoms with Crippen molar-refractivity contribution in [3.05, 3.63) is 18.5 Å². The molecule has 3 nitrogen and oxygen atoms in total. The second-order valence-electron chi connectivity index (χ2n) is 5.01. The molecule has 1 saturated carbocycles. The minimum absolute atomic E-state index is 0.601. The lowest BCUT2D eigenvalue weighted by atomic mass is 9.83. The summed E-state index contributed by atoms with van der Waals surface area (Å²) < 4.78 is 1.99. The summed E-state index contributed by atoms with van der Waals surface area (Å²) in [4.78, 5) is 0. The Morgan fingerprint density at radius 3 is 2.81 bits per heavy atom. The van der Waals surface area contributed by atoms with Gasteiger partial charge in [0.25, 0.3) is 0 Å². The second kappa shape index (κ2) is 5.48. The van der Waals surface area contributed by atoms with Crippen LogP contribution in [0.1, 0.15) is 39.0 Å². The van der Waals surface area contributed by atoms with Crippen molar-refractivity contribution in [1.82, 2.24) is 15.1 Å². The van der Waals surface area contributed by atoms with Crippen molar-refractivity contribution >= 4 is 0 Å². The fourth-order valence-corrected chi connectivity index (χ4v) is 2.76. The average molecular weight is 221 g/mol. The van der Waals surface area contributed by atoms with Crippen molar-refractivity contribution in [1.29, 1.82) is 0 Å². The Labute approximate surface area is 98.2 Å². The molecule has 3 heteroatoms. The molecular formula is C13H23N3. The summed E-state index contributed by atoms with van der Waals surface area (Å²) in [5, 5.41) is 7.80. The predicted octanol–water partition coefficient (Wildman–Crippen LogP) is 2.44. The summed E-state index contributed by atoms with van der Waals surface area (Å²) in [6.45, 7) is 5.53. The van der Waals surface area contributed by atoms with Crippen molar-refractivity contribution in [2.75, 3.05) is 13.1 Å². The van der Waals surface area contributed by atoms with E-state index in [-0.39, 0.29) is 0 Å². The van der Waals surface area contributed by atoms with E-state index in [0.717, 1.165) is 13.1 Å². The fraction of sp³-hybridized carbons (Fsp3) is 0.769. The van der Waals surface area contributed by atoms with E-state index < -0.39 is 0 Å². The topological polar surface area (TPSA) is 29.9 Å². The molecule has 0 aromatic carbocycles. The summed E-state index contributed by atoms with van der Waals surface area (Å²) in [7, 11) is 0. The second-order valence-corrected chi connectivity index (χ2v) is 5.01. The molecule has 90 valence electrons. The van der Waals surface area contributed by atoms with Crippen LogP contribution in [0.15, 0.2) is 18.5 Å². The number of aromatic nitrogens is 2. The molecule has 0 spiro atoms. The smallest absolute Gasteiger partial charge is 0.0533 e. The van der Waals surface area contributed by atoms with E-state index in [0.29, 0.717) is 5.41 Å². The van der Waals surface area contributed by atoms with Crippen LogP contribution in [0.25, 0.3) is 0 Å². The van der Waals surface area contributed by atoms with Gasteiger partial charge in [-0.25, -0.2) is 0 Å². The van der Waals surface area contributed by atoms with Crippen LogP contribution >= 0.6 is 0 Å². The lowest BCUT2D eigenvalue weighted by Gasteiger charge is -2.27. The molecule has 0 radical (unpaired) electrons. The molecule has 0 atom stereocenters. The third-order valence-corrected chi connectivity index (χ3v) is 3.99. The lowest BCUT2D eigenvalue weighted by Crippen LogP contribution is -2.33. The van der Waals surface area contributed by atoms with Gasteiger partial charge in [0.1, 0.15) is 0 Å². The molecule has 1 fully saturated rings. The molecule has 1 heterocycles. The van der Waals surface area contributed by atoms with E-state index in [1.54, 1.807) is 0 Å². The van der Waals surface area contributed by atoms with Crippen molar-refractivity contribution in [2.45, 2.75) is 45.6 Å². The maximum Gasteiger partial charge on any atom is 0.0533 e. The molecule has 0 unspecified atom stereocenters. The van der Waals surface area contributed by atoms with Crippen molar-refractivity contribution < 1.29 is 0 Å². The van der Waals surface area contributed by atoms with Gasteiger partial charge in [0.05, 0.1) is 6.54 Å². The third-order valence-electron chi connectivity index (χ3n) is 3.99. The molecule has 0 amide bonds. The largest absolute Gasteiger partial charge is 0.314 e. The summed E-state index contributed by atoms with van der Waals surface area (Å²) in [5.41, 5.74) is 0.601. The number of hydrogen-bond donors (Lipinski definition) is 1. The molecule has 1 aromatic heterocycles.